The number of carbonyl (C=O) groups is 2. The average molecular weight is 327 g/mol. The summed E-state index contributed by atoms with van der Waals surface area (Å²) in [5.74, 6) is -0.989. The molecule has 6 heteroatoms. The third-order valence-electron chi connectivity index (χ3n) is 4.76. The van der Waals surface area contributed by atoms with E-state index in [0.717, 1.165) is 17.7 Å². The second kappa shape index (κ2) is 6.47. The van der Waals surface area contributed by atoms with Crippen LogP contribution in [-0.4, -0.2) is 38.7 Å². The lowest BCUT2D eigenvalue weighted by Crippen LogP contribution is -2.42. The first-order chi connectivity index (χ1) is 11.5. The number of para-hydroxylation sites is 1. The van der Waals surface area contributed by atoms with E-state index in [1.54, 1.807) is 22.8 Å². The molecule has 0 aliphatic heterocycles. The van der Waals surface area contributed by atoms with Gasteiger partial charge in [-0.1, -0.05) is 24.6 Å². The second-order valence-electron chi connectivity index (χ2n) is 6.49. The van der Waals surface area contributed by atoms with Crippen LogP contribution < -0.4 is 0 Å². The van der Waals surface area contributed by atoms with Gasteiger partial charge in [0, 0.05) is 31.8 Å². The minimum Gasteiger partial charge on any atom is -0.481 e. The SMILES string of the molecule is CN(Cc1cnn(-c2ccccc2)c1)C(=O)CC1(C(=O)O)CCC1. The van der Waals surface area contributed by atoms with Crippen molar-refractivity contribution in [1.29, 1.82) is 0 Å². The Morgan fingerprint density at radius 2 is 2.00 bits per heavy atom. The number of carboxylic acid groups (broad SMARTS) is 1. The Bertz CT molecular complexity index is 735. The summed E-state index contributed by atoms with van der Waals surface area (Å²) in [5.41, 5.74) is 1.02. The molecule has 0 atom stereocenters. The fourth-order valence-corrected chi connectivity index (χ4v) is 3.02. The molecule has 1 aliphatic rings. The van der Waals surface area contributed by atoms with Crippen molar-refractivity contribution < 1.29 is 14.7 Å². The molecule has 0 bridgehead atoms. The normalized spacial score (nSPS) is 15.5. The van der Waals surface area contributed by atoms with Crippen molar-refractivity contribution in [1.82, 2.24) is 14.7 Å². The van der Waals surface area contributed by atoms with Crippen LogP contribution in [0, 0.1) is 5.41 Å². The zero-order valence-corrected chi connectivity index (χ0v) is 13.7. The van der Waals surface area contributed by atoms with E-state index in [4.69, 9.17) is 0 Å². The van der Waals surface area contributed by atoms with E-state index in [1.807, 2.05) is 36.5 Å². The lowest BCUT2D eigenvalue weighted by molar-refractivity contribution is -0.159. The number of carboxylic acids is 1. The number of hydrogen-bond donors (Lipinski definition) is 1. The van der Waals surface area contributed by atoms with E-state index in [1.165, 1.54) is 0 Å². The van der Waals surface area contributed by atoms with Gasteiger partial charge in [0.2, 0.25) is 5.91 Å². The van der Waals surface area contributed by atoms with Gasteiger partial charge in [-0.05, 0) is 25.0 Å². The van der Waals surface area contributed by atoms with Gasteiger partial charge in [0.15, 0.2) is 0 Å². The number of carbonyl (C=O) groups excluding carboxylic acids is 1. The minimum atomic E-state index is -0.854. The number of aliphatic carboxylic acids is 1. The fraction of sp³-hybridized carbons (Fsp3) is 0.389. The summed E-state index contributed by atoms with van der Waals surface area (Å²) in [6.07, 6.45) is 5.75. The van der Waals surface area contributed by atoms with Crippen LogP contribution in [0.25, 0.3) is 5.69 Å². The lowest BCUT2D eigenvalue weighted by Gasteiger charge is -2.37. The molecular formula is C18H21N3O3. The van der Waals surface area contributed by atoms with Crippen molar-refractivity contribution in [3.8, 4) is 5.69 Å². The standard InChI is InChI=1S/C18H21N3O3/c1-20(16(22)10-18(17(23)24)8-5-9-18)12-14-11-19-21(13-14)15-6-3-2-4-7-15/h2-4,6-7,11,13H,5,8-10,12H2,1H3,(H,23,24). The predicted molar refractivity (Wildman–Crippen MR) is 88.6 cm³/mol. The lowest BCUT2D eigenvalue weighted by atomic mass is 9.66. The summed E-state index contributed by atoms with van der Waals surface area (Å²) in [4.78, 5) is 25.3. The first kappa shape index (κ1) is 16.2. The fourth-order valence-electron chi connectivity index (χ4n) is 3.02. The highest BCUT2D eigenvalue weighted by Crippen LogP contribution is 2.44. The molecule has 1 heterocycles. The van der Waals surface area contributed by atoms with Gasteiger partial charge in [0.05, 0.1) is 17.3 Å². The third kappa shape index (κ3) is 3.18. The quantitative estimate of drug-likeness (QED) is 0.884. The molecule has 6 nitrogen and oxygen atoms in total. The van der Waals surface area contributed by atoms with E-state index in [-0.39, 0.29) is 12.3 Å². The van der Waals surface area contributed by atoms with Crippen LogP contribution in [0.2, 0.25) is 0 Å². The summed E-state index contributed by atoms with van der Waals surface area (Å²) in [5, 5.41) is 13.7. The number of amides is 1. The number of rotatable bonds is 6. The van der Waals surface area contributed by atoms with Gasteiger partial charge in [0.25, 0.3) is 0 Å². The van der Waals surface area contributed by atoms with Gasteiger partial charge in [0.1, 0.15) is 0 Å². The summed E-state index contributed by atoms with van der Waals surface area (Å²) in [7, 11) is 1.70. The van der Waals surface area contributed by atoms with Crippen LogP contribution in [0.5, 0.6) is 0 Å². The van der Waals surface area contributed by atoms with Gasteiger partial charge in [-0.2, -0.15) is 5.10 Å². The van der Waals surface area contributed by atoms with Crippen LogP contribution in [-0.2, 0) is 16.1 Å². The number of hydrogen-bond acceptors (Lipinski definition) is 3. The molecule has 1 saturated carbocycles. The molecule has 1 N–H and O–H groups in total. The van der Waals surface area contributed by atoms with Gasteiger partial charge >= 0.3 is 5.97 Å². The minimum absolute atomic E-state index is 0.0751. The van der Waals surface area contributed by atoms with Gasteiger partial charge in [-0.25, -0.2) is 4.68 Å². The van der Waals surface area contributed by atoms with Crippen LogP contribution >= 0.6 is 0 Å². The smallest absolute Gasteiger partial charge is 0.310 e. The second-order valence-corrected chi connectivity index (χ2v) is 6.49. The van der Waals surface area contributed by atoms with E-state index in [2.05, 4.69) is 5.10 Å². The molecular weight excluding hydrogens is 306 g/mol. The number of nitrogens with zero attached hydrogens (tertiary/aromatic N) is 3. The Morgan fingerprint density at radius 1 is 1.29 bits per heavy atom. The Kier molecular flexibility index (Phi) is 4.38. The molecule has 3 rings (SSSR count). The largest absolute Gasteiger partial charge is 0.481 e. The maximum atomic E-state index is 12.4. The van der Waals surface area contributed by atoms with Crippen LogP contribution in [0.3, 0.4) is 0 Å². The Labute approximate surface area is 140 Å². The summed E-state index contributed by atoms with van der Waals surface area (Å²) in [6.45, 7) is 0.418. The molecule has 0 unspecified atom stereocenters. The van der Waals surface area contributed by atoms with E-state index in [0.29, 0.717) is 19.4 Å². The highest BCUT2D eigenvalue weighted by molar-refractivity contribution is 5.85. The first-order valence-electron chi connectivity index (χ1n) is 8.06. The number of aromatic nitrogens is 2. The molecule has 1 amide bonds. The van der Waals surface area contributed by atoms with E-state index in [9.17, 15) is 14.7 Å². The van der Waals surface area contributed by atoms with Crippen molar-refractivity contribution in [3.05, 3.63) is 48.3 Å². The molecule has 126 valence electrons. The molecule has 0 spiro atoms. The maximum absolute atomic E-state index is 12.4. The monoisotopic (exact) mass is 327 g/mol. The van der Waals surface area contributed by atoms with Crippen LogP contribution in [0.4, 0.5) is 0 Å². The summed E-state index contributed by atoms with van der Waals surface area (Å²) in [6, 6.07) is 9.74. The van der Waals surface area contributed by atoms with E-state index < -0.39 is 11.4 Å². The van der Waals surface area contributed by atoms with Crippen molar-refractivity contribution in [2.45, 2.75) is 32.2 Å². The third-order valence-corrected chi connectivity index (χ3v) is 4.76. The highest BCUT2D eigenvalue weighted by atomic mass is 16.4. The first-order valence-corrected chi connectivity index (χ1v) is 8.06. The molecule has 1 aromatic heterocycles. The van der Waals surface area contributed by atoms with Crippen molar-refractivity contribution >= 4 is 11.9 Å². The Morgan fingerprint density at radius 3 is 2.58 bits per heavy atom. The summed E-state index contributed by atoms with van der Waals surface area (Å²) >= 11 is 0. The molecule has 1 aliphatic carbocycles. The maximum Gasteiger partial charge on any atom is 0.310 e. The van der Waals surface area contributed by atoms with Crippen LogP contribution in [0.15, 0.2) is 42.7 Å². The average Bonchev–Trinajstić information content (AvgIpc) is 2.99. The van der Waals surface area contributed by atoms with Crippen molar-refractivity contribution in [2.75, 3.05) is 7.05 Å². The molecule has 1 fully saturated rings. The van der Waals surface area contributed by atoms with Gasteiger partial charge in [-0.3, -0.25) is 9.59 Å². The molecule has 24 heavy (non-hydrogen) atoms. The molecule has 1 aromatic carbocycles. The van der Waals surface area contributed by atoms with E-state index >= 15 is 0 Å². The summed E-state index contributed by atoms with van der Waals surface area (Å²) < 4.78 is 1.76. The Balaban J connectivity index is 1.63. The molecule has 0 radical (unpaired) electrons. The molecule has 0 saturated heterocycles. The van der Waals surface area contributed by atoms with Crippen molar-refractivity contribution in [3.63, 3.8) is 0 Å². The highest BCUT2D eigenvalue weighted by Gasteiger charge is 2.46. The van der Waals surface area contributed by atoms with Crippen molar-refractivity contribution in [2.24, 2.45) is 5.41 Å². The van der Waals surface area contributed by atoms with Crippen LogP contribution in [0.1, 0.15) is 31.2 Å². The molecule has 2 aromatic rings. The van der Waals surface area contributed by atoms with Gasteiger partial charge < -0.3 is 10.0 Å². The Hall–Kier alpha value is -2.63. The number of benzene rings is 1. The van der Waals surface area contributed by atoms with Gasteiger partial charge in [-0.15, -0.1) is 0 Å². The zero-order chi connectivity index (χ0) is 17.2. The predicted octanol–water partition coefficient (Wildman–Crippen LogP) is 2.48. The zero-order valence-electron chi connectivity index (χ0n) is 13.7. The topological polar surface area (TPSA) is 75.4 Å².